The Kier molecular flexibility index (Phi) is 13.0. The molecule has 2 fully saturated rings. The summed E-state index contributed by atoms with van der Waals surface area (Å²) in [7, 11) is 1.81. The smallest absolute Gasteiger partial charge is 0.272 e. The number of ether oxygens (including phenoxy) is 2. The Morgan fingerprint density at radius 3 is 2.69 bits per heavy atom. The van der Waals surface area contributed by atoms with Crippen LogP contribution in [0.3, 0.4) is 0 Å². The van der Waals surface area contributed by atoms with Gasteiger partial charge in [-0.3, -0.25) is 9.69 Å². The van der Waals surface area contributed by atoms with Gasteiger partial charge >= 0.3 is 0 Å². The largest absolute Gasteiger partial charge is 0.491 e. The number of likely N-dealkylation sites (tertiary alicyclic amines) is 1. The lowest BCUT2D eigenvalue weighted by Gasteiger charge is -2.44. The SMILES string of the molecule is CCCc1cc(Cl)ccc1C1COc2ccc(C(C)O)cc2N(CC2CCC2C(/C=C/CCN(C)C(C)=O)OCCCN2CC(F)(F)C2)C1. The van der Waals surface area contributed by atoms with Crippen molar-refractivity contribution in [3.63, 3.8) is 0 Å². The molecule has 5 rings (SSSR count). The number of carbonyl (C=O) groups excluding carboxylic acids is 1. The van der Waals surface area contributed by atoms with Gasteiger partial charge in [0.05, 0.1) is 37.6 Å². The normalized spacial score (nSPS) is 23.2. The van der Waals surface area contributed by atoms with Crippen LogP contribution in [-0.4, -0.2) is 92.4 Å². The Morgan fingerprint density at radius 2 is 2.02 bits per heavy atom. The first-order valence-electron chi connectivity index (χ1n) is 18.0. The molecule has 49 heavy (non-hydrogen) atoms. The standard InChI is InChI=1S/C39H54ClF2N3O4/c1-5-9-30-20-33(40)13-15-34(30)32-23-45(36-21-29(27(2)46)12-16-38(36)49-24-32)22-31-11-14-35(31)37(10-6-7-17-43(4)28(3)47)48-19-8-18-44-25-39(41,42)26-44/h6,10,12-13,15-16,20-21,27,31-32,35,37,46H,5,7-9,11,14,17-19,22-26H2,1-4H3/b10-6+. The summed E-state index contributed by atoms with van der Waals surface area (Å²) in [5.74, 6) is -0.893. The molecule has 2 aromatic carbocycles. The highest BCUT2D eigenvalue weighted by Gasteiger charge is 2.43. The minimum Gasteiger partial charge on any atom is -0.491 e. The summed E-state index contributed by atoms with van der Waals surface area (Å²) in [5.41, 5.74) is 4.39. The van der Waals surface area contributed by atoms with Crippen LogP contribution in [0, 0.1) is 11.8 Å². The molecule has 5 atom stereocenters. The molecular formula is C39H54ClF2N3O4. The Morgan fingerprint density at radius 1 is 1.22 bits per heavy atom. The number of aliphatic hydroxyl groups excluding tert-OH is 1. The van der Waals surface area contributed by atoms with Crippen LogP contribution < -0.4 is 9.64 Å². The fourth-order valence-electron chi connectivity index (χ4n) is 7.38. The molecule has 5 unspecified atom stereocenters. The maximum atomic E-state index is 13.3. The number of alkyl halides is 2. The quantitative estimate of drug-likeness (QED) is 0.145. The number of amides is 1. The van der Waals surface area contributed by atoms with Crippen LogP contribution in [0.15, 0.2) is 48.6 Å². The van der Waals surface area contributed by atoms with Crippen molar-refractivity contribution in [2.24, 2.45) is 11.8 Å². The number of hydrogen-bond acceptors (Lipinski definition) is 6. The summed E-state index contributed by atoms with van der Waals surface area (Å²) in [6.07, 6.45) is 9.09. The molecule has 1 saturated heterocycles. The van der Waals surface area contributed by atoms with Gasteiger partial charge in [0.1, 0.15) is 5.75 Å². The van der Waals surface area contributed by atoms with E-state index < -0.39 is 12.0 Å². The van der Waals surface area contributed by atoms with E-state index in [0.717, 1.165) is 67.2 Å². The van der Waals surface area contributed by atoms with Gasteiger partial charge in [-0.25, -0.2) is 8.78 Å². The van der Waals surface area contributed by atoms with E-state index >= 15 is 0 Å². The van der Waals surface area contributed by atoms with Crippen LogP contribution in [0.5, 0.6) is 5.75 Å². The lowest BCUT2D eigenvalue weighted by atomic mass is 9.70. The first-order valence-corrected chi connectivity index (χ1v) is 18.4. The minimum atomic E-state index is -2.56. The molecule has 10 heteroatoms. The third-order valence-corrected chi connectivity index (χ3v) is 10.7. The molecule has 2 aromatic rings. The number of benzene rings is 2. The molecule has 7 nitrogen and oxygen atoms in total. The molecule has 2 aliphatic heterocycles. The van der Waals surface area contributed by atoms with Gasteiger partial charge in [-0.15, -0.1) is 0 Å². The first kappa shape index (κ1) is 37.5. The predicted octanol–water partition coefficient (Wildman–Crippen LogP) is 7.51. The minimum absolute atomic E-state index is 0.0380. The average Bonchev–Trinajstić information content (AvgIpc) is 3.21. The second kappa shape index (κ2) is 17.0. The Balaban J connectivity index is 1.33. The summed E-state index contributed by atoms with van der Waals surface area (Å²) in [6.45, 7) is 9.10. The van der Waals surface area contributed by atoms with Crippen molar-refractivity contribution in [1.29, 1.82) is 0 Å². The number of aryl methyl sites for hydroxylation is 1. The van der Waals surface area contributed by atoms with Crippen molar-refractivity contribution in [2.45, 2.75) is 83.3 Å². The van der Waals surface area contributed by atoms with Crippen molar-refractivity contribution in [3.8, 4) is 5.75 Å². The number of nitrogens with zero attached hydrogens (tertiary/aromatic N) is 3. The number of halogens is 3. The monoisotopic (exact) mass is 701 g/mol. The predicted molar refractivity (Wildman–Crippen MR) is 192 cm³/mol. The lowest BCUT2D eigenvalue weighted by molar-refractivity contribution is -0.132. The van der Waals surface area contributed by atoms with Gasteiger partial charge in [-0.2, -0.15) is 0 Å². The number of hydrogen-bond donors (Lipinski definition) is 1. The molecule has 0 spiro atoms. The van der Waals surface area contributed by atoms with E-state index in [2.05, 4.69) is 42.2 Å². The highest BCUT2D eigenvalue weighted by atomic mass is 35.5. The number of rotatable bonds is 16. The van der Waals surface area contributed by atoms with E-state index in [1.54, 1.807) is 30.7 Å². The maximum absolute atomic E-state index is 13.3. The van der Waals surface area contributed by atoms with Gasteiger partial charge in [0.2, 0.25) is 5.91 Å². The molecule has 0 aromatic heterocycles. The number of aliphatic hydroxyl groups is 1. The summed E-state index contributed by atoms with van der Waals surface area (Å²) < 4.78 is 39.7. The van der Waals surface area contributed by atoms with Crippen molar-refractivity contribution >= 4 is 23.2 Å². The van der Waals surface area contributed by atoms with E-state index in [1.807, 2.05) is 18.2 Å². The molecule has 0 radical (unpaired) electrons. The second-order valence-corrected chi connectivity index (χ2v) is 14.8. The van der Waals surface area contributed by atoms with Crippen LogP contribution >= 0.6 is 11.6 Å². The van der Waals surface area contributed by atoms with Crippen molar-refractivity contribution in [1.82, 2.24) is 9.80 Å². The van der Waals surface area contributed by atoms with E-state index in [9.17, 15) is 18.7 Å². The van der Waals surface area contributed by atoms with Crippen molar-refractivity contribution < 1.29 is 28.2 Å². The zero-order valence-corrected chi connectivity index (χ0v) is 30.3. The average molecular weight is 702 g/mol. The lowest BCUT2D eigenvalue weighted by Crippen LogP contribution is -2.56. The summed E-state index contributed by atoms with van der Waals surface area (Å²) in [6, 6.07) is 12.2. The summed E-state index contributed by atoms with van der Waals surface area (Å²) in [5, 5.41) is 11.2. The second-order valence-electron chi connectivity index (χ2n) is 14.3. The molecule has 3 aliphatic rings. The third-order valence-electron chi connectivity index (χ3n) is 10.4. The van der Waals surface area contributed by atoms with Crippen LogP contribution in [0.1, 0.15) is 81.6 Å². The van der Waals surface area contributed by atoms with Gasteiger partial charge in [0.15, 0.2) is 0 Å². The molecule has 1 amide bonds. The highest BCUT2D eigenvalue weighted by molar-refractivity contribution is 6.30. The van der Waals surface area contributed by atoms with Gasteiger partial charge in [-0.1, -0.05) is 49.2 Å². The molecule has 1 saturated carbocycles. The van der Waals surface area contributed by atoms with Crippen molar-refractivity contribution in [2.75, 3.05) is 64.4 Å². The van der Waals surface area contributed by atoms with E-state index in [0.29, 0.717) is 44.6 Å². The molecule has 1 aliphatic carbocycles. The zero-order valence-electron chi connectivity index (χ0n) is 29.6. The Hall–Kier alpha value is -2.72. The van der Waals surface area contributed by atoms with E-state index in [1.165, 1.54) is 11.1 Å². The number of anilines is 1. The van der Waals surface area contributed by atoms with Crippen LogP contribution in [0.4, 0.5) is 14.5 Å². The fraction of sp³-hybridized carbons (Fsp3) is 0.615. The Bertz CT molecular complexity index is 1430. The zero-order chi connectivity index (χ0) is 35.1. The molecule has 270 valence electrons. The van der Waals surface area contributed by atoms with E-state index in [4.69, 9.17) is 21.1 Å². The highest BCUT2D eigenvalue weighted by Crippen LogP contribution is 2.43. The molecule has 1 N–H and O–H groups in total. The Labute approximate surface area is 296 Å². The maximum Gasteiger partial charge on any atom is 0.272 e. The van der Waals surface area contributed by atoms with Crippen LogP contribution in [-0.2, 0) is 16.0 Å². The first-order chi connectivity index (χ1) is 23.4. The van der Waals surface area contributed by atoms with Gasteiger partial charge in [0.25, 0.3) is 5.92 Å². The number of carbonyl (C=O) groups is 1. The number of fused-ring (bicyclic) bond motifs is 1. The fourth-order valence-corrected chi connectivity index (χ4v) is 7.57. The summed E-state index contributed by atoms with van der Waals surface area (Å²) >= 11 is 6.44. The van der Waals surface area contributed by atoms with Gasteiger partial charge < -0.3 is 24.4 Å². The molecular weight excluding hydrogens is 648 g/mol. The van der Waals surface area contributed by atoms with Crippen molar-refractivity contribution in [3.05, 3.63) is 70.3 Å². The van der Waals surface area contributed by atoms with Gasteiger partial charge in [0, 0.05) is 57.7 Å². The third kappa shape index (κ3) is 9.96. The molecule has 2 heterocycles. The summed E-state index contributed by atoms with van der Waals surface area (Å²) in [4.78, 5) is 17.6. The van der Waals surface area contributed by atoms with Gasteiger partial charge in [-0.05, 0) is 91.8 Å². The van der Waals surface area contributed by atoms with E-state index in [-0.39, 0.29) is 31.0 Å². The molecule has 0 bridgehead atoms. The topological polar surface area (TPSA) is 65.5 Å². The van der Waals surface area contributed by atoms with Crippen LogP contribution in [0.25, 0.3) is 0 Å². The van der Waals surface area contributed by atoms with Crippen LogP contribution in [0.2, 0.25) is 5.02 Å².